The first-order chi connectivity index (χ1) is 16.2. The van der Waals surface area contributed by atoms with Crippen molar-refractivity contribution in [1.82, 2.24) is 4.90 Å². The van der Waals surface area contributed by atoms with Crippen molar-refractivity contribution >= 4 is 0 Å². The summed E-state index contributed by atoms with van der Waals surface area (Å²) in [6.07, 6.45) is 4.57. The molecule has 1 aliphatic carbocycles. The van der Waals surface area contributed by atoms with Crippen LogP contribution < -0.4 is 9.47 Å². The molecular formula is C29H33NO3. The lowest BCUT2D eigenvalue weighted by molar-refractivity contribution is 0.237. The van der Waals surface area contributed by atoms with E-state index < -0.39 is 0 Å². The van der Waals surface area contributed by atoms with E-state index in [2.05, 4.69) is 59.5 Å². The number of nitrogens with zero attached hydrogens (tertiary/aromatic N) is 1. The Bertz CT molecular complexity index is 1060. The minimum absolute atomic E-state index is 0.213. The van der Waals surface area contributed by atoms with Crippen LogP contribution in [0.25, 0.3) is 0 Å². The number of phenolic OH excluding ortho intramolecular Hbond substituents is 1. The van der Waals surface area contributed by atoms with Gasteiger partial charge in [-0.05, 0) is 91.2 Å². The number of rotatable bonds is 7. The number of fused-ring (bicyclic) bond motifs is 1. The van der Waals surface area contributed by atoms with E-state index in [0.29, 0.717) is 11.7 Å². The van der Waals surface area contributed by atoms with Gasteiger partial charge in [0.05, 0.1) is 7.11 Å². The van der Waals surface area contributed by atoms with Crippen molar-refractivity contribution in [1.29, 1.82) is 0 Å². The molecule has 1 N–H and O–H groups in total. The summed E-state index contributed by atoms with van der Waals surface area (Å²) in [4.78, 5) is 2.47. The summed E-state index contributed by atoms with van der Waals surface area (Å²) in [7, 11) is 1.61. The molecule has 2 atom stereocenters. The molecule has 1 fully saturated rings. The number of aromatic hydroxyl groups is 1. The fourth-order valence-electron chi connectivity index (χ4n) is 5.44. The second-order valence-corrected chi connectivity index (χ2v) is 9.29. The van der Waals surface area contributed by atoms with Crippen LogP contribution in [0.2, 0.25) is 0 Å². The minimum atomic E-state index is 0.213. The lowest BCUT2D eigenvalue weighted by Gasteiger charge is -2.33. The topological polar surface area (TPSA) is 41.9 Å². The van der Waals surface area contributed by atoms with Gasteiger partial charge in [0.15, 0.2) is 11.5 Å². The normalized spacial score (nSPS) is 20.4. The van der Waals surface area contributed by atoms with Crippen LogP contribution in [0.3, 0.4) is 0 Å². The van der Waals surface area contributed by atoms with Crippen LogP contribution in [-0.4, -0.2) is 43.4 Å². The molecule has 0 radical (unpaired) electrons. The highest BCUT2D eigenvalue weighted by molar-refractivity contribution is 5.52. The van der Waals surface area contributed by atoms with Crippen molar-refractivity contribution in [2.75, 3.05) is 33.4 Å². The van der Waals surface area contributed by atoms with Gasteiger partial charge >= 0.3 is 0 Å². The molecule has 0 aromatic heterocycles. The molecule has 1 heterocycles. The van der Waals surface area contributed by atoms with Crippen LogP contribution in [0, 0.1) is 0 Å². The van der Waals surface area contributed by atoms with Crippen molar-refractivity contribution < 1.29 is 14.6 Å². The van der Waals surface area contributed by atoms with E-state index in [1.807, 2.05) is 12.1 Å². The lowest BCUT2D eigenvalue weighted by atomic mass is 9.71. The Balaban J connectivity index is 1.38. The van der Waals surface area contributed by atoms with Crippen LogP contribution >= 0.6 is 0 Å². The zero-order valence-corrected chi connectivity index (χ0v) is 19.4. The number of likely N-dealkylation sites (tertiary alicyclic amines) is 1. The summed E-state index contributed by atoms with van der Waals surface area (Å²) in [5, 5.41) is 10.4. The molecular weight excluding hydrogens is 410 g/mol. The van der Waals surface area contributed by atoms with E-state index in [1.54, 1.807) is 7.11 Å². The van der Waals surface area contributed by atoms with Crippen LogP contribution in [0.15, 0.2) is 66.7 Å². The predicted octanol–water partition coefficient (Wildman–Crippen LogP) is 5.74. The Morgan fingerprint density at radius 2 is 1.70 bits per heavy atom. The van der Waals surface area contributed by atoms with E-state index in [0.717, 1.165) is 31.7 Å². The Labute approximate surface area is 196 Å². The first-order valence-corrected chi connectivity index (χ1v) is 12.1. The fraction of sp³-hybridized carbons (Fsp3) is 0.379. The first-order valence-electron chi connectivity index (χ1n) is 12.1. The standard InChI is InChI=1S/C29H33NO3/c1-32-29-20-27-24(19-28(29)31)17-23(21-7-3-2-4-8-21)18-26(27)22-9-11-25(12-10-22)33-16-15-30-13-5-6-14-30/h2-4,7-12,19-20,23,26,31H,5-6,13-18H2,1H3. The van der Waals surface area contributed by atoms with Gasteiger partial charge in [0.2, 0.25) is 0 Å². The minimum Gasteiger partial charge on any atom is -0.504 e. The van der Waals surface area contributed by atoms with Crippen LogP contribution in [0.5, 0.6) is 17.2 Å². The zero-order valence-electron chi connectivity index (χ0n) is 19.4. The molecule has 5 rings (SSSR count). The Kier molecular flexibility index (Phi) is 6.54. The van der Waals surface area contributed by atoms with Gasteiger partial charge in [-0.15, -0.1) is 0 Å². The van der Waals surface area contributed by atoms with Crippen LogP contribution in [0.1, 0.15) is 53.4 Å². The summed E-state index contributed by atoms with van der Waals surface area (Å²) in [5.41, 5.74) is 5.07. The van der Waals surface area contributed by atoms with E-state index in [4.69, 9.17) is 9.47 Å². The summed E-state index contributed by atoms with van der Waals surface area (Å²) < 4.78 is 11.5. The number of ether oxygens (including phenoxy) is 2. The molecule has 3 aromatic rings. The number of hydrogen-bond donors (Lipinski definition) is 1. The van der Waals surface area contributed by atoms with Crippen molar-refractivity contribution in [3.8, 4) is 17.2 Å². The SMILES string of the molecule is COc1cc2c(cc1O)CC(c1ccccc1)CC2c1ccc(OCCN2CCCC2)cc1. The number of hydrogen-bond acceptors (Lipinski definition) is 4. The predicted molar refractivity (Wildman–Crippen MR) is 132 cm³/mol. The maximum absolute atomic E-state index is 10.4. The molecule has 2 aliphatic rings. The molecule has 1 saturated heterocycles. The van der Waals surface area contributed by atoms with E-state index >= 15 is 0 Å². The smallest absolute Gasteiger partial charge is 0.160 e. The monoisotopic (exact) mass is 443 g/mol. The number of methoxy groups -OCH3 is 1. The second kappa shape index (κ2) is 9.88. The largest absolute Gasteiger partial charge is 0.504 e. The Morgan fingerprint density at radius 1 is 0.939 bits per heavy atom. The lowest BCUT2D eigenvalue weighted by Crippen LogP contribution is -2.25. The Hall–Kier alpha value is -2.98. The number of benzene rings is 3. The molecule has 33 heavy (non-hydrogen) atoms. The third-order valence-corrected chi connectivity index (χ3v) is 7.23. The van der Waals surface area contributed by atoms with Crippen molar-refractivity contribution in [3.05, 3.63) is 89.0 Å². The molecule has 0 spiro atoms. The summed E-state index contributed by atoms with van der Waals surface area (Å²) in [6, 6.07) is 23.2. The van der Waals surface area contributed by atoms with Gasteiger partial charge in [-0.2, -0.15) is 0 Å². The van der Waals surface area contributed by atoms with Crippen LogP contribution in [-0.2, 0) is 6.42 Å². The van der Waals surface area contributed by atoms with E-state index in [1.165, 1.54) is 48.2 Å². The second-order valence-electron chi connectivity index (χ2n) is 9.29. The molecule has 3 aromatic carbocycles. The fourth-order valence-corrected chi connectivity index (χ4v) is 5.44. The van der Waals surface area contributed by atoms with Gasteiger partial charge in [0.25, 0.3) is 0 Å². The van der Waals surface area contributed by atoms with Gasteiger partial charge < -0.3 is 14.6 Å². The highest BCUT2D eigenvalue weighted by Crippen LogP contribution is 2.46. The van der Waals surface area contributed by atoms with Gasteiger partial charge in [-0.25, -0.2) is 0 Å². The molecule has 2 unspecified atom stereocenters. The third kappa shape index (κ3) is 4.86. The average molecular weight is 444 g/mol. The van der Waals surface area contributed by atoms with Crippen molar-refractivity contribution in [2.24, 2.45) is 0 Å². The summed E-state index contributed by atoms with van der Waals surface area (Å²) in [5.74, 6) is 2.33. The molecule has 172 valence electrons. The zero-order chi connectivity index (χ0) is 22.6. The van der Waals surface area contributed by atoms with Gasteiger partial charge in [-0.1, -0.05) is 42.5 Å². The van der Waals surface area contributed by atoms with Gasteiger partial charge in [0.1, 0.15) is 12.4 Å². The van der Waals surface area contributed by atoms with Gasteiger partial charge in [-0.3, -0.25) is 4.90 Å². The summed E-state index contributed by atoms with van der Waals surface area (Å²) in [6.45, 7) is 4.13. The number of phenols is 1. The van der Waals surface area contributed by atoms with Crippen molar-refractivity contribution in [2.45, 2.75) is 37.5 Å². The summed E-state index contributed by atoms with van der Waals surface area (Å²) >= 11 is 0. The molecule has 1 aliphatic heterocycles. The van der Waals surface area contributed by atoms with Crippen LogP contribution in [0.4, 0.5) is 0 Å². The highest BCUT2D eigenvalue weighted by atomic mass is 16.5. The molecule has 0 bridgehead atoms. The third-order valence-electron chi connectivity index (χ3n) is 7.23. The van der Waals surface area contributed by atoms with Crippen molar-refractivity contribution in [3.63, 3.8) is 0 Å². The molecule has 0 saturated carbocycles. The highest BCUT2D eigenvalue weighted by Gasteiger charge is 2.30. The van der Waals surface area contributed by atoms with E-state index in [-0.39, 0.29) is 11.7 Å². The average Bonchev–Trinajstić information content (AvgIpc) is 3.37. The Morgan fingerprint density at radius 3 is 2.42 bits per heavy atom. The van der Waals surface area contributed by atoms with E-state index in [9.17, 15) is 5.11 Å². The maximum atomic E-state index is 10.4. The molecule has 4 nitrogen and oxygen atoms in total. The molecule has 4 heteroatoms. The van der Waals surface area contributed by atoms with Gasteiger partial charge in [0, 0.05) is 12.5 Å². The molecule has 0 amide bonds. The quantitative estimate of drug-likeness (QED) is 0.506. The maximum Gasteiger partial charge on any atom is 0.160 e. The first kappa shape index (κ1) is 21.8.